The van der Waals surface area contributed by atoms with Crippen molar-refractivity contribution in [2.75, 3.05) is 16.4 Å². The Kier molecular flexibility index (Phi) is 6.56. The van der Waals surface area contributed by atoms with Crippen molar-refractivity contribution in [2.45, 2.75) is 12.1 Å². The van der Waals surface area contributed by atoms with Gasteiger partial charge in [0.1, 0.15) is 0 Å². The lowest BCUT2D eigenvalue weighted by Crippen LogP contribution is -2.14. The van der Waals surface area contributed by atoms with E-state index in [0.717, 1.165) is 5.56 Å². The Labute approximate surface area is 175 Å². The maximum absolute atomic E-state index is 12.1. The molecule has 0 aliphatic carbocycles. The summed E-state index contributed by atoms with van der Waals surface area (Å²) in [6, 6.07) is 12.2. The molecule has 0 bridgehead atoms. The van der Waals surface area contributed by atoms with Gasteiger partial charge in [0, 0.05) is 18.2 Å². The van der Waals surface area contributed by atoms with E-state index in [4.69, 9.17) is 23.2 Å². The number of nitrogens with one attached hydrogen (secondary N) is 3. The van der Waals surface area contributed by atoms with Gasteiger partial charge in [0.2, 0.25) is 17.0 Å². The van der Waals surface area contributed by atoms with Gasteiger partial charge in [-0.2, -0.15) is 0 Å². The Morgan fingerprint density at radius 1 is 1.11 bits per heavy atom. The molecule has 144 valence electrons. The number of aromatic nitrogens is 3. The number of thioether (sulfide) groups is 1. The molecular formula is C18H15Cl2N5O2S. The van der Waals surface area contributed by atoms with Gasteiger partial charge >= 0.3 is 0 Å². The minimum atomic E-state index is -0.250. The minimum Gasteiger partial charge on any atom is -0.326 e. The zero-order valence-electron chi connectivity index (χ0n) is 14.6. The highest BCUT2D eigenvalue weighted by Gasteiger charge is 2.11. The van der Waals surface area contributed by atoms with Crippen LogP contribution >= 0.6 is 35.0 Å². The van der Waals surface area contributed by atoms with Gasteiger partial charge in [-0.05, 0) is 36.4 Å². The molecule has 0 saturated carbocycles. The Morgan fingerprint density at radius 2 is 1.86 bits per heavy atom. The van der Waals surface area contributed by atoms with Crippen molar-refractivity contribution in [2.24, 2.45) is 0 Å². The number of nitrogens with zero attached hydrogens (tertiary/aromatic N) is 2. The molecule has 3 aromatic rings. The van der Waals surface area contributed by atoms with Crippen LogP contribution in [-0.2, 0) is 9.59 Å². The molecule has 3 rings (SSSR count). The largest absolute Gasteiger partial charge is 0.326 e. The topological polar surface area (TPSA) is 99.8 Å². The maximum atomic E-state index is 12.1. The molecule has 0 spiro atoms. The van der Waals surface area contributed by atoms with Crippen molar-refractivity contribution in [1.29, 1.82) is 0 Å². The number of aromatic amines is 1. The third-order valence-corrected chi connectivity index (χ3v) is 5.17. The van der Waals surface area contributed by atoms with E-state index in [1.54, 1.807) is 30.3 Å². The number of benzene rings is 2. The third-order valence-electron chi connectivity index (χ3n) is 3.50. The van der Waals surface area contributed by atoms with Crippen LogP contribution in [0.5, 0.6) is 0 Å². The molecule has 2 aromatic carbocycles. The number of hydrogen-bond donors (Lipinski definition) is 3. The van der Waals surface area contributed by atoms with Crippen LogP contribution in [0, 0.1) is 0 Å². The summed E-state index contributed by atoms with van der Waals surface area (Å²) >= 11 is 13.2. The second kappa shape index (κ2) is 9.09. The van der Waals surface area contributed by atoms with Crippen molar-refractivity contribution in [3.8, 4) is 11.4 Å². The fourth-order valence-corrected chi connectivity index (χ4v) is 3.22. The average Bonchev–Trinajstić information content (AvgIpc) is 3.13. The van der Waals surface area contributed by atoms with Crippen molar-refractivity contribution < 1.29 is 9.59 Å². The molecule has 10 heteroatoms. The van der Waals surface area contributed by atoms with Crippen molar-refractivity contribution in [3.63, 3.8) is 0 Å². The molecule has 0 atom stereocenters. The fraction of sp³-hybridized carbons (Fsp3) is 0.111. The van der Waals surface area contributed by atoms with E-state index in [1.807, 2.05) is 12.1 Å². The smallest absolute Gasteiger partial charge is 0.234 e. The number of carbonyl (C=O) groups excluding carboxylic acids is 2. The SMILES string of the molecule is CC(=O)Nc1ccc(-c2nc(SCC(=O)Nc3cccc(Cl)c3Cl)n[nH]2)cc1. The second-order valence-electron chi connectivity index (χ2n) is 5.66. The second-order valence-corrected chi connectivity index (χ2v) is 7.39. The summed E-state index contributed by atoms with van der Waals surface area (Å²) in [6.45, 7) is 1.45. The van der Waals surface area contributed by atoms with E-state index in [-0.39, 0.29) is 17.6 Å². The highest BCUT2D eigenvalue weighted by atomic mass is 35.5. The van der Waals surface area contributed by atoms with Gasteiger partial charge in [-0.3, -0.25) is 14.7 Å². The van der Waals surface area contributed by atoms with Crippen LogP contribution in [0.2, 0.25) is 10.0 Å². The van der Waals surface area contributed by atoms with E-state index >= 15 is 0 Å². The predicted octanol–water partition coefficient (Wildman–Crippen LogP) is 4.47. The monoisotopic (exact) mass is 435 g/mol. The van der Waals surface area contributed by atoms with E-state index < -0.39 is 0 Å². The molecule has 2 amide bonds. The molecule has 0 aliphatic rings. The maximum Gasteiger partial charge on any atom is 0.234 e. The minimum absolute atomic E-state index is 0.113. The Balaban J connectivity index is 1.58. The first-order valence-electron chi connectivity index (χ1n) is 8.09. The van der Waals surface area contributed by atoms with Gasteiger partial charge in [0.25, 0.3) is 0 Å². The molecule has 1 heterocycles. The van der Waals surface area contributed by atoms with Crippen LogP contribution in [0.25, 0.3) is 11.4 Å². The van der Waals surface area contributed by atoms with E-state index in [2.05, 4.69) is 25.8 Å². The molecule has 0 saturated heterocycles. The molecule has 0 radical (unpaired) electrons. The highest BCUT2D eigenvalue weighted by Crippen LogP contribution is 2.29. The number of hydrogen-bond acceptors (Lipinski definition) is 5. The number of H-pyrrole nitrogens is 1. The first-order chi connectivity index (χ1) is 13.4. The third kappa shape index (κ3) is 5.25. The van der Waals surface area contributed by atoms with E-state index in [9.17, 15) is 9.59 Å². The molecule has 3 N–H and O–H groups in total. The highest BCUT2D eigenvalue weighted by molar-refractivity contribution is 7.99. The number of rotatable bonds is 6. The zero-order chi connectivity index (χ0) is 20.1. The normalized spacial score (nSPS) is 10.5. The Hall–Kier alpha value is -2.55. The predicted molar refractivity (Wildman–Crippen MR) is 112 cm³/mol. The Morgan fingerprint density at radius 3 is 2.57 bits per heavy atom. The summed E-state index contributed by atoms with van der Waals surface area (Å²) in [5, 5.41) is 13.4. The van der Waals surface area contributed by atoms with Crippen LogP contribution < -0.4 is 10.6 Å². The molecule has 7 nitrogen and oxygen atoms in total. The summed E-state index contributed by atoms with van der Waals surface area (Å²) in [5.41, 5.74) is 1.96. The van der Waals surface area contributed by atoms with Crippen LogP contribution in [0.15, 0.2) is 47.6 Å². The summed E-state index contributed by atoms with van der Waals surface area (Å²) in [6.07, 6.45) is 0. The van der Waals surface area contributed by atoms with E-state index in [1.165, 1.54) is 18.7 Å². The van der Waals surface area contributed by atoms with Crippen LogP contribution in [0.4, 0.5) is 11.4 Å². The number of halogens is 2. The number of carbonyl (C=O) groups is 2. The summed E-state index contributed by atoms with van der Waals surface area (Å²) in [7, 11) is 0. The molecule has 0 aliphatic heterocycles. The molecule has 1 aromatic heterocycles. The lowest BCUT2D eigenvalue weighted by molar-refractivity contribution is -0.114. The van der Waals surface area contributed by atoms with Gasteiger partial charge in [-0.1, -0.05) is 41.0 Å². The van der Waals surface area contributed by atoms with Gasteiger partial charge in [-0.15, -0.1) is 5.10 Å². The average molecular weight is 436 g/mol. The van der Waals surface area contributed by atoms with Crippen LogP contribution in [0.1, 0.15) is 6.92 Å². The molecular weight excluding hydrogens is 421 g/mol. The van der Waals surface area contributed by atoms with E-state index in [0.29, 0.717) is 32.4 Å². The van der Waals surface area contributed by atoms with Gasteiger partial charge in [-0.25, -0.2) is 4.98 Å². The van der Waals surface area contributed by atoms with Gasteiger partial charge < -0.3 is 10.6 Å². The Bertz CT molecular complexity index is 1010. The van der Waals surface area contributed by atoms with Crippen LogP contribution in [-0.4, -0.2) is 32.7 Å². The van der Waals surface area contributed by atoms with Crippen molar-refractivity contribution >= 4 is 58.2 Å². The first kappa shape index (κ1) is 20.2. The molecule has 0 unspecified atom stereocenters. The number of anilines is 2. The van der Waals surface area contributed by atoms with Gasteiger partial charge in [0.15, 0.2) is 5.82 Å². The van der Waals surface area contributed by atoms with Crippen molar-refractivity contribution in [1.82, 2.24) is 15.2 Å². The molecule has 28 heavy (non-hydrogen) atoms. The summed E-state index contributed by atoms with van der Waals surface area (Å²) < 4.78 is 0. The quantitative estimate of drug-likeness (QED) is 0.496. The fourth-order valence-electron chi connectivity index (χ4n) is 2.27. The number of amides is 2. The lowest BCUT2D eigenvalue weighted by Gasteiger charge is -2.07. The van der Waals surface area contributed by atoms with Gasteiger partial charge in [0.05, 0.1) is 21.5 Å². The summed E-state index contributed by atoms with van der Waals surface area (Å²) in [4.78, 5) is 27.5. The summed E-state index contributed by atoms with van der Waals surface area (Å²) in [5.74, 6) is 0.292. The molecule has 0 fully saturated rings. The van der Waals surface area contributed by atoms with Crippen LogP contribution in [0.3, 0.4) is 0 Å². The lowest BCUT2D eigenvalue weighted by atomic mass is 10.2. The standard InChI is InChI=1S/C18H15Cl2N5O2S/c1-10(26)21-12-7-5-11(6-8-12)17-23-18(25-24-17)28-9-15(27)22-14-4-2-3-13(19)16(14)20/h2-8H,9H2,1H3,(H,21,26)(H,22,27)(H,23,24,25). The first-order valence-corrected chi connectivity index (χ1v) is 9.83. The van der Waals surface area contributed by atoms with Crippen molar-refractivity contribution in [3.05, 3.63) is 52.5 Å². The zero-order valence-corrected chi connectivity index (χ0v) is 17.0.